The van der Waals surface area contributed by atoms with Gasteiger partial charge in [0.2, 0.25) is 10.0 Å². The van der Waals surface area contributed by atoms with Gasteiger partial charge in [-0.1, -0.05) is 11.6 Å². The second kappa shape index (κ2) is 3.79. The van der Waals surface area contributed by atoms with E-state index in [1.807, 2.05) is 0 Å². The first-order valence-corrected chi connectivity index (χ1v) is 5.65. The summed E-state index contributed by atoms with van der Waals surface area (Å²) in [5, 5.41) is 4.33. The second-order valence-corrected chi connectivity index (χ2v) is 4.85. The largest absolute Gasteiger partial charge is 0.417 e. The summed E-state index contributed by atoms with van der Waals surface area (Å²) in [5.74, 6) is 0. The summed E-state index contributed by atoms with van der Waals surface area (Å²) in [6, 6.07) is 1.34. The average molecular weight is 275 g/mol. The van der Waals surface area contributed by atoms with Crippen molar-refractivity contribution in [1.82, 2.24) is 0 Å². The Morgan fingerprint density at radius 3 is 2.12 bits per heavy atom. The Bertz CT molecular complexity index is 527. The molecule has 16 heavy (non-hydrogen) atoms. The fraction of sp³-hybridized carbons (Fsp3) is 0.143. The second-order valence-electron chi connectivity index (χ2n) is 2.91. The molecule has 0 aromatic heterocycles. The monoisotopic (exact) mass is 274 g/mol. The Hall–Kier alpha value is -0.990. The summed E-state index contributed by atoms with van der Waals surface area (Å²) in [7, 11) is -4.57. The highest BCUT2D eigenvalue weighted by Gasteiger charge is 2.38. The lowest BCUT2D eigenvalue weighted by Gasteiger charge is -2.13. The molecule has 0 fully saturated rings. The third-order valence-corrected chi connectivity index (χ3v) is 2.92. The molecule has 0 radical (unpaired) electrons. The summed E-state index contributed by atoms with van der Waals surface area (Å²) >= 11 is 5.36. The van der Waals surface area contributed by atoms with Crippen LogP contribution >= 0.6 is 11.6 Å². The number of halogens is 4. The lowest BCUT2D eigenvalue weighted by atomic mass is 10.2. The molecule has 4 nitrogen and oxygen atoms in total. The fourth-order valence-corrected chi connectivity index (χ4v) is 2.24. The van der Waals surface area contributed by atoms with Crippen LogP contribution in [0.1, 0.15) is 5.56 Å². The van der Waals surface area contributed by atoms with Gasteiger partial charge >= 0.3 is 6.18 Å². The predicted molar refractivity (Wildman–Crippen MR) is 52.2 cm³/mol. The maximum absolute atomic E-state index is 12.5. The third-order valence-electron chi connectivity index (χ3n) is 1.67. The van der Waals surface area contributed by atoms with Crippen LogP contribution in [0.3, 0.4) is 0 Å². The molecule has 0 aliphatic heterocycles. The van der Waals surface area contributed by atoms with Gasteiger partial charge in [-0.3, -0.25) is 0 Å². The average Bonchev–Trinajstić information content (AvgIpc) is 1.97. The topological polar surface area (TPSA) is 86.2 Å². The van der Waals surface area contributed by atoms with Crippen molar-refractivity contribution in [3.05, 3.63) is 22.7 Å². The summed E-state index contributed by atoms with van der Waals surface area (Å²) in [5.41, 5.74) is 3.05. The minimum Gasteiger partial charge on any atom is -0.398 e. The molecule has 0 saturated heterocycles. The first-order chi connectivity index (χ1) is 7.03. The molecule has 0 atom stereocenters. The number of nitrogens with two attached hydrogens (primary N) is 2. The molecular weight excluding hydrogens is 269 g/mol. The van der Waals surface area contributed by atoms with Crippen molar-refractivity contribution < 1.29 is 21.6 Å². The lowest BCUT2D eigenvalue weighted by molar-refractivity contribution is -0.139. The zero-order chi connectivity index (χ0) is 12.7. The minimum atomic E-state index is -4.90. The Morgan fingerprint density at radius 1 is 1.25 bits per heavy atom. The van der Waals surface area contributed by atoms with Gasteiger partial charge in [0.1, 0.15) is 4.90 Å². The molecule has 0 spiro atoms. The van der Waals surface area contributed by atoms with Crippen LogP contribution in [0, 0.1) is 0 Å². The van der Waals surface area contributed by atoms with Crippen molar-refractivity contribution in [3.8, 4) is 0 Å². The summed E-state index contributed by atoms with van der Waals surface area (Å²) in [6.07, 6.45) is -4.90. The number of alkyl halides is 3. The van der Waals surface area contributed by atoms with E-state index in [9.17, 15) is 21.6 Å². The van der Waals surface area contributed by atoms with Crippen LogP contribution in [0.5, 0.6) is 0 Å². The smallest absolute Gasteiger partial charge is 0.398 e. The maximum Gasteiger partial charge on any atom is 0.417 e. The van der Waals surface area contributed by atoms with Gasteiger partial charge in [0.05, 0.1) is 11.3 Å². The zero-order valence-corrected chi connectivity index (χ0v) is 9.12. The number of rotatable bonds is 1. The van der Waals surface area contributed by atoms with Crippen molar-refractivity contribution in [3.63, 3.8) is 0 Å². The van der Waals surface area contributed by atoms with Gasteiger partial charge in [-0.15, -0.1) is 0 Å². The molecule has 90 valence electrons. The highest BCUT2D eigenvalue weighted by Crippen LogP contribution is 2.38. The Kier molecular flexibility index (Phi) is 3.10. The third kappa shape index (κ3) is 2.57. The van der Waals surface area contributed by atoms with Crippen molar-refractivity contribution >= 4 is 27.3 Å². The van der Waals surface area contributed by atoms with Crippen molar-refractivity contribution in [2.75, 3.05) is 5.73 Å². The van der Waals surface area contributed by atoms with E-state index in [-0.39, 0.29) is 5.02 Å². The molecule has 9 heteroatoms. The van der Waals surface area contributed by atoms with Gasteiger partial charge in [-0.2, -0.15) is 13.2 Å². The number of hydrogen-bond acceptors (Lipinski definition) is 3. The van der Waals surface area contributed by atoms with Gasteiger partial charge in [0, 0.05) is 5.02 Å². The molecule has 0 unspecified atom stereocenters. The Morgan fingerprint density at radius 2 is 1.75 bits per heavy atom. The van der Waals surface area contributed by atoms with E-state index in [1.165, 1.54) is 0 Å². The van der Waals surface area contributed by atoms with E-state index in [1.54, 1.807) is 0 Å². The summed E-state index contributed by atoms with van der Waals surface area (Å²) < 4.78 is 59.5. The fourth-order valence-electron chi connectivity index (χ4n) is 1.14. The molecule has 1 aromatic carbocycles. The van der Waals surface area contributed by atoms with Gasteiger partial charge in [0.25, 0.3) is 0 Å². The van der Waals surface area contributed by atoms with Crippen LogP contribution in [0.25, 0.3) is 0 Å². The van der Waals surface area contributed by atoms with Crippen molar-refractivity contribution in [2.45, 2.75) is 11.1 Å². The van der Waals surface area contributed by atoms with E-state index in [0.717, 1.165) is 6.07 Å². The SMILES string of the molecule is Nc1cc(Cl)cc(C(F)(F)F)c1S(N)(=O)=O. The van der Waals surface area contributed by atoms with E-state index in [4.69, 9.17) is 17.3 Å². The van der Waals surface area contributed by atoms with Crippen LogP contribution < -0.4 is 10.9 Å². The summed E-state index contributed by atoms with van der Waals surface area (Å²) in [4.78, 5) is -1.16. The molecular formula is C7H6ClF3N2O2S. The Balaban J connectivity index is 3.72. The molecule has 1 aromatic rings. The molecule has 0 bridgehead atoms. The van der Waals surface area contributed by atoms with E-state index >= 15 is 0 Å². The number of primary sulfonamides is 1. The van der Waals surface area contributed by atoms with Crippen molar-refractivity contribution in [1.29, 1.82) is 0 Å². The highest BCUT2D eigenvalue weighted by molar-refractivity contribution is 7.89. The van der Waals surface area contributed by atoms with E-state index in [0.29, 0.717) is 6.07 Å². The van der Waals surface area contributed by atoms with Gasteiger partial charge in [0.15, 0.2) is 0 Å². The van der Waals surface area contributed by atoms with Crippen LogP contribution in [-0.4, -0.2) is 8.42 Å². The zero-order valence-electron chi connectivity index (χ0n) is 7.55. The summed E-state index contributed by atoms with van der Waals surface area (Å²) in [6.45, 7) is 0. The van der Waals surface area contributed by atoms with E-state index < -0.39 is 32.3 Å². The number of nitrogen functional groups attached to an aromatic ring is 1. The van der Waals surface area contributed by atoms with E-state index in [2.05, 4.69) is 5.14 Å². The molecule has 0 heterocycles. The predicted octanol–water partition coefficient (Wildman–Crippen LogP) is 1.59. The molecule has 0 amide bonds. The molecule has 1 rings (SSSR count). The molecule has 0 aliphatic rings. The van der Waals surface area contributed by atoms with Gasteiger partial charge in [-0.05, 0) is 12.1 Å². The van der Waals surface area contributed by atoms with Crippen LogP contribution in [0.4, 0.5) is 18.9 Å². The molecule has 0 aliphatic carbocycles. The first-order valence-electron chi connectivity index (χ1n) is 3.72. The van der Waals surface area contributed by atoms with Crippen LogP contribution in [0.15, 0.2) is 17.0 Å². The number of benzene rings is 1. The first kappa shape index (κ1) is 13.1. The molecule has 0 saturated carbocycles. The lowest BCUT2D eigenvalue weighted by Crippen LogP contribution is -2.20. The van der Waals surface area contributed by atoms with Gasteiger partial charge in [-0.25, -0.2) is 13.6 Å². The number of anilines is 1. The van der Waals surface area contributed by atoms with Crippen LogP contribution in [0.2, 0.25) is 5.02 Å². The van der Waals surface area contributed by atoms with Crippen molar-refractivity contribution in [2.24, 2.45) is 5.14 Å². The molecule has 4 N–H and O–H groups in total. The number of hydrogen-bond donors (Lipinski definition) is 2. The van der Waals surface area contributed by atoms with Gasteiger partial charge < -0.3 is 5.73 Å². The van der Waals surface area contributed by atoms with Crippen LogP contribution in [-0.2, 0) is 16.2 Å². The Labute approximate surface area is 94.0 Å². The highest BCUT2D eigenvalue weighted by atomic mass is 35.5. The number of sulfonamides is 1. The maximum atomic E-state index is 12.5. The quantitative estimate of drug-likeness (QED) is 0.763. The normalized spacial score (nSPS) is 12.8. The standard InChI is InChI=1S/C7H6ClF3N2O2S/c8-3-1-4(7(9,10)11)6(5(12)2-3)16(13,14)15/h1-2H,12H2,(H2,13,14,15). The minimum absolute atomic E-state index is 0.322.